The summed E-state index contributed by atoms with van der Waals surface area (Å²) in [6, 6.07) is 2.41. The van der Waals surface area contributed by atoms with Crippen LogP contribution in [0.1, 0.15) is 18.9 Å². The molecule has 1 saturated heterocycles. The molecule has 2 rings (SSSR count). The van der Waals surface area contributed by atoms with Gasteiger partial charge >= 0.3 is 0 Å². The summed E-state index contributed by atoms with van der Waals surface area (Å²) >= 11 is 0. The maximum atomic E-state index is 14.1. The highest BCUT2D eigenvalue weighted by atomic mass is 32.2. The lowest BCUT2D eigenvalue weighted by atomic mass is 9.95. The molecule has 5 nitrogen and oxygen atoms in total. The van der Waals surface area contributed by atoms with Gasteiger partial charge in [0.15, 0.2) is 0 Å². The topological polar surface area (TPSA) is 75.4 Å². The van der Waals surface area contributed by atoms with Gasteiger partial charge in [0.05, 0.1) is 0 Å². The summed E-state index contributed by atoms with van der Waals surface area (Å²) in [4.78, 5) is 1.78. The first kappa shape index (κ1) is 16.2. The van der Waals surface area contributed by atoms with Crippen molar-refractivity contribution in [3.05, 3.63) is 23.5 Å². The average molecular weight is 315 g/mol. The zero-order valence-corrected chi connectivity index (χ0v) is 13.4. The molecular weight excluding hydrogens is 293 g/mol. The second-order valence-corrected chi connectivity index (χ2v) is 7.59. The number of rotatable bonds is 3. The number of benzene rings is 1. The first-order valence-corrected chi connectivity index (χ1v) is 8.45. The van der Waals surface area contributed by atoms with E-state index in [9.17, 15) is 12.8 Å². The Balaban J connectivity index is 2.27. The molecule has 7 heteroatoms. The second kappa shape index (κ2) is 5.90. The lowest BCUT2D eigenvalue weighted by Crippen LogP contribution is -2.48. The van der Waals surface area contributed by atoms with Crippen molar-refractivity contribution in [2.45, 2.75) is 31.2 Å². The Morgan fingerprint density at radius 1 is 1.43 bits per heavy atom. The van der Waals surface area contributed by atoms with Crippen LogP contribution in [-0.4, -0.2) is 39.5 Å². The summed E-state index contributed by atoms with van der Waals surface area (Å²) < 4.78 is 41.6. The molecule has 0 radical (unpaired) electrons. The molecule has 0 aromatic heterocycles. The molecule has 21 heavy (non-hydrogen) atoms. The lowest BCUT2D eigenvalue weighted by Gasteiger charge is -2.35. The van der Waals surface area contributed by atoms with Gasteiger partial charge in [0.2, 0.25) is 10.0 Å². The van der Waals surface area contributed by atoms with E-state index in [1.165, 1.54) is 19.1 Å². The number of hydrogen-bond acceptors (Lipinski definition) is 4. The fourth-order valence-electron chi connectivity index (χ4n) is 2.75. The molecule has 1 heterocycles. The van der Waals surface area contributed by atoms with Crippen LogP contribution in [0.15, 0.2) is 17.0 Å². The van der Waals surface area contributed by atoms with E-state index in [1.807, 2.05) is 14.0 Å². The Kier molecular flexibility index (Phi) is 4.55. The second-order valence-electron chi connectivity index (χ2n) is 5.91. The van der Waals surface area contributed by atoms with Crippen LogP contribution in [0.5, 0.6) is 0 Å². The van der Waals surface area contributed by atoms with Crippen LogP contribution >= 0.6 is 0 Å². The predicted molar refractivity (Wildman–Crippen MR) is 80.9 cm³/mol. The van der Waals surface area contributed by atoms with E-state index in [4.69, 9.17) is 5.73 Å². The van der Waals surface area contributed by atoms with E-state index in [1.54, 1.807) is 0 Å². The smallest absolute Gasteiger partial charge is 0.243 e. The number of halogens is 1. The molecule has 2 unspecified atom stereocenters. The van der Waals surface area contributed by atoms with E-state index in [-0.39, 0.29) is 28.1 Å². The largest absolute Gasteiger partial charge is 0.399 e. The minimum absolute atomic E-state index is 0.170. The highest BCUT2D eigenvalue weighted by Crippen LogP contribution is 2.24. The first-order valence-electron chi connectivity index (χ1n) is 6.97. The van der Waals surface area contributed by atoms with Crippen molar-refractivity contribution in [2.75, 3.05) is 25.9 Å². The Bertz CT molecular complexity index is 633. The zero-order chi connectivity index (χ0) is 15.8. The average Bonchev–Trinajstić information content (AvgIpc) is 2.37. The number of likely N-dealkylation sites (tertiary alicyclic amines) is 1. The van der Waals surface area contributed by atoms with Gasteiger partial charge in [-0.3, -0.25) is 0 Å². The zero-order valence-electron chi connectivity index (χ0n) is 12.6. The summed E-state index contributed by atoms with van der Waals surface area (Å²) in [6.07, 6.45) is 0.708. The van der Waals surface area contributed by atoms with Crippen molar-refractivity contribution < 1.29 is 12.8 Å². The number of sulfonamides is 1. The fraction of sp³-hybridized carbons (Fsp3) is 0.571. The van der Waals surface area contributed by atoms with Crippen molar-refractivity contribution in [3.8, 4) is 0 Å². The molecule has 1 aliphatic heterocycles. The van der Waals surface area contributed by atoms with Gasteiger partial charge in [0.25, 0.3) is 0 Å². The summed E-state index contributed by atoms with van der Waals surface area (Å²) in [7, 11) is -1.91. The number of aryl methyl sites for hydroxylation is 1. The molecule has 2 atom stereocenters. The maximum Gasteiger partial charge on any atom is 0.243 e. The van der Waals surface area contributed by atoms with Gasteiger partial charge in [-0.25, -0.2) is 17.5 Å². The van der Waals surface area contributed by atoms with Crippen molar-refractivity contribution >= 4 is 15.7 Å². The number of nitrogen functional groups attached to an aromatic ring is 1. The lowest BCUT2D eigenvalue weighted by molar-refractivity contribution is 0.188. The summed E-state index contributed by atoms with van der Waals surface area (Å²) in [5.41, 5.74) is 6.11. The van der Waals surface area contributed by atoms with Crippen molar-refractivity contribution in [1.82, 2.24) is 9.62 Å². The van der Waals surface area contributed by atoms with Crippen molar-refractivity contribution in [1.29, 1.82) is 0 Å². The molecule has 1 fully saturated rings. The molecule has 1 aromatic rings. The van der Waals surface area contributed by atoms with Gasteiger partial charge in [0, 0.05) is 18.3 Å². The van der Waals surface area contributed by atoms with Gasteiger partial charge in [0.1, 0.15) is 10.7 Å². The van der Waals surface area contributed by atoms with Crippen LogP contribution in [0.25, 0.3) is 0 Å². The van der Waals surface area contributed by atoms with Crippen LogP contribution < -0.4 is 10.5 Å². The molecule has 1 aliphatic rings. The van der Waals surface area contributed by atoms with Crippen LogP contribution in [0.3, 0.4) is 0 Å². The molecule has 0 spiro atoms. The Morgan fingerprint density at radius 3 is 2.71 bits per heavy atom. The highest BCUT2D eigenvalue weighted by Gasteiger charge is 2.30. The van der Waals surface area contributed by atoms with Crippen LogP contribution in [0.2, 0.25) is 0 Å². The number of hydrogen-bond donors (Lipinski definition) is 2. The highest BCUT2D eigenvalue weighted by molar-refractivity contribution is 7.89. The van der Waals surface area contributed by atoms with E-state index < -0.39 is 15.8 Å². The fourth-order valence-corrected chi connectivity index (χ4v) is 4.32. The number of nitrogens with two attached hydrogens (primary N) is 1. The van der Waals surface area contributed by atoms with E-state index in [2.05, 4.69) is 9.62 Å². The van der Waals surface area contributed by atoms with Gasteiger partial charge < -0.3 is 10.6 Å². The van der Waals surface area contributed by atoms with E-state index in [0.717, 1.165) is 13.1 Å². The minimum Gasteiger partial charge on any atom is -0.399 e. The summed E-state index contributed by atoms with van der Waals surface area (Å²) in [6.45, 7) is 5.12. The molecular formula is C14H22FN3O2S. The number of anilines is 1. The molecule has 0 saturated carbocycles. The maximum absolute atomic E-state index is 14.1. The third-order valence-electron chi connectivity index (χ3n) is 3.95. The molecule has 0 bridgehead atoms. The summed E-state index contributed by atoms with van der Waals surface area (Å²) in [5, 5.41) is 0. The summed E-state index contributed by atoms with van der Waals surface area (Å²) in [5.74, 6) is -0.568. The van der Waals surface area contributed by atoms with Crippen molar-refractivity contribution in [3.63, 3.8) is 0 Å². The van der Waals surface area contributed by atoms with Gasteiger partial charge in [-0.05, 0) is 50.6 Å². The molecule has 118 valence electrons. The van der Waals surface area contributed by atoms with Gasteiger partial charge in [-0.1, -0.05) is 6.92 Å². The molecule has 0 aliphatic carbocycles. The number of nitrogens with one attached hydrogen (secondary N) is 1. The molecule has 1 aromatic carbocycles. The predicted octanol–water partition coefficient (Wildman–Crippen LogP) is 1.33. The SMILES string of the molecule is Cc1cc(N)cc(S(=O)(=O)NC2CCN(C)CC2C)c1F. The monoisotopic (exact) mass is 315 g/mol. The Labute approximate surface area is 125 Å². The number of piperidine rings is 1. The molecule has 3 N–H and O–H groups in total. The van der Waals surface area contributed by atoms with Crippen molar-refractivity contribution in [2.24, 2.45) is 5.92 Å². The minimum atomic E-state index is -3.91. The van der Waals surface area contributed by atoms with Gasteiger partial charge in [-0.15, -0.1) is 0 Å². The van der Waals surface area contributed by atoms with E-state index in [0.29, 0.717) is 6.42 Å². The van der Waals surface area contributed by atoms with Crippen LogP contribution in [-0.2, 0) is 10.0 Å². The molecule has 0 amide bonds. The first-order chi connectivity index (χ1) is 9.70. The standard InChI is InChI=1S/C14H22FN3O2S/c1-9-6-11(16)7-13(14(9)15)21(19,20)17-12-4-5-18(3)8-10(12)2/h6-7,10,12,17H,4-5,8,16H2,1-3H3. The Hall–Kier alpha value is -1.18. The number of nitrogens with zero attached hydrogens (tertiary/aromatic N) is 1. The third-order valence-corrected chi connectivity index (χ3v) is 5.44. The normalized spacial score (nSPS) is 24.2. The van der Waals surface area contributed by atoms with Gasteiger partial charge in [-0.2, -0.15) is 0 Å². The Morgan fingerprint density at radius 2 is 2.10 bits per heavy atom. The van der Waals surface area contributed by atoms with Crippen LogP contribution in [0, 0.1) is 18.7 Å². The van der Waals surface area contributed by atoms with Crippen LogP contribution in [0.4, 0.5) is 10.1 Å². The third kappa shape index (κ3) is 3.53. The van der Waals surface area contributed by atoms with E-state index >= 15 is 0 Å². The quantitative estimate of drug-likeness (QED) is 0.825.